The number of rotatable bonds is 6. The van der Waals surface area contributed by atoms with Crippen LogP contribution in [-0.4, -0.2) is 51.7 Å². The molecule has 0 saturated carbocycles. The lowest BCUT2D eigenvalue weighted by molar-refractivity contribution is -0.164. The summed E-state index contributed by atoms with van der Waals surface area (Å²) in [6.45, 7) is 1.42. The second-order valence-electron chi connectivity index (χ2n) is 7.19. The molecule has 3 rings (SSSR count). The van der Waals surface area contributed by atoms with Gasteiger partial charge in [0.1, 0.15) is 23.7 Å². The lowest BCUT2D eigenvalue weighted by atomic mass is 9.97. The van der Waals surface area contributed by atoms with Crippen LogP contribution in [0.3, 0.4) is 0 Å². The van der Waals surface area contributed by atoms with Crippen LogP contribution in [0.15, 0.2) is 47.5 Å². The van der Waals surface area contributed by atoms with E-state index in [1.54, 1.807) is 0 Å². The molecular formula is C21H23F3N2O4S. The number of aliphatic hydroxyl groups is 3. The molecule has 2 aromatic rings. The highest BCUT2D eigenvalue weighted by Gasteiger charge is 2.44. The Morgan fingerprint density at radius 3 is 2.45 bits per heavy atom. The van der Waals surface area contributed by atoms with Crippen molar-refractivity contribution in [1.29, 1.82) is 0 Å². The first-order valence-corrected chi connectivity index (χ1v) is 10.3. The zero-order valence-electron chi connectivity index (χ0n) is 16.5. The van der Waals surface area contributed by atoms with Gasteiger partial charge in [-0.1, -0.05) is 29.5 Å². The van der Waals surface area contributed by atoms with Gasteiger partial charge in [0.25, 0.3) is 0 Å². The van der Waals surface area contributed by atoms with Crippen molar-refractivity contribution < 1.29 is 33.2 Å². The van der Waals surface area contributed by atoms with Crippen LogP contribution in [0.1, 0.15) is 11.1 Å². The van der Waals surface area contributed by atoms with E-state index in [0.29, 0.717) is 0 Å². The molecule has 0 spiro atoms. The standard InChI is InChI=1S/C21H23F3N2O4S/c1-10-3-2-4-12(5-10)31-21-20(29)18(19(28)16(9-27)30-21)26-8-15(25)11-6-13(22)17(24)14(23)7-11/h2-8,16,18-21,26-29H,9,25H2,1H3/b15-8-. The summed E-state index contributed by atoms with van der Waals surface area (Å²) in [6.07, 6.45) is -2.37. The van der Waals surface area contributed by atoms with Crippen LogP contribution in [0.2, 0.25) is 0 Å². The van der Waals surface area contributed by atoms with E-state index in [2.05, 4.69) is 5.32 Å². The fourth-order valence-corrected chi connectivity index (χ4v) is 4.38. The van der Waals surface area contributed by atoms with Crippen LogP contribution in [0.5, 0.6) is 0 Å². The van der Waals surface area contributed by atoms with Gasteiger partial charge in [-0.15, -0.1) is 0 Å². The van der Waals surface area contributed by atoms with Gasteiger partial charge in [0.05, 0.1) is 18.3 Å². The van der Waals surface area contributed by atoms with E-state index in [1.165, 1.54) is 11.8 Å². The lowest BCUT2D eigenvalue weighted by Gasteiger charge is -2.42. The van der Waals surface area contributed by atoms with Crippen molar-refractivity contribution in [2.45, 2.75) is 41.6 Å². The molecule has 0 bridgehead atoms. The predicted octanol–water partition coefficient (Wildman–Crippen LogP) is 1.86. The van der Waals surface area contributed by atoms with Crippen molar-refractivity contribution in [3.8, 4) is 0 Å². The molecule has 1 aliphatic heterocycles. The number of aryl methyl sites for hydroxylation is 1. The van der Waals surface area contributed by atoms with Gasteiger partial charge in [-0.05, 0) is 31.2 Å². The van der Waals surface area contributed by atoms with E-state index >= 15 is 0 Å². The van der Waals surface area contributed by atoms with E-state index in [0.717, 1.165) is 28.8 Å². The molecule has 2 aromatic carbocycles. The highest BCUT2D eigenvalue weighted by molar-refractivity contribution is 7.99. The van der Waals surface area contributed by atoms with Crippen LogP contribution >= 0.6 is 11.8 Å². The molecule has 0 aromatic heterocycles. The Morgan fingerprint density at radius 2 is 1.84 bits per heavy atom. The average Bonchev–Trinajstić information content (AvgIpc) is 2.73. The zero-order chi connectivity index (χ0) is 22.7. The molecule has 168 valence electrons. The number of benzene rings is 2. The SMILES string of the molecule is Cc1cccc(SC2OC(CO)C(O)C(N/C=C(\N)c3cc(F)c(F)c(F)c3)C2O)c1. The van der Waals surface area contributed by atoms with E-state index in [9.17, 15) is 28.5 Å². The first-order chi connectivity index (χ1) is 14.7. The number of aliphatic hydroxyl groups excluding tert-OH is 3. The highest BCUT2D eigenvalue weighted by atomic mass is 32.2. The first kappa shape index (κ1) is 23.4. The largest absolute Gasteiger partial charge is 0.397 e. The van der Waals surface area contributed by atoms with Gasteiger partial charge in [-0.3, -0.25) is 0 Å². The summed E-state index contributed by atoms with van der Waals surface area (Å²) >= 11 is 1.22. The van der Waals surface area contributed by atoms with Crippen molar-refractivity contribution in [2.75, 3.05) is 6.61 Å². The van der Waals surface area contributed by atoms with Gasteiger partial charge < -0.3 is 31.1 Å². The quantitative estimate of drug-likeness (QED) is 0.423. The molecule has 6 nitrogen and oxygen atoms in total. The third kappa shape index (κ3) is 5.34. The molecule has 5 unspecified atom stereocenters. The van der Waals surface area contributed by atoms with Gasteiger partial charge in [0.2, 0.25) is 0 Å². The molecule has 10 heteroatoms. The van der Waals surface area contributed by atoms with Crippen molar-refractivity contribution >= 4 is 17.5 Å². The molecule has 1 fully saturated rings. The van der Waals surface area contributed by atoms with E-state index in [1.807, 2.05) is 31.2 Å². The Balaban J connectivity index is 1.80. The molecular weight excluding hydrogens is 433 g/mol. The van der Waals surface area contributed by atoms with Gasteiger partial charge in [-0.2, -0.15) is 0 Å². The van der Waals surface area contributed by atoms with E-state index < -0.39 is 53.8 Å². The number of hydrogen-bond acceptors (Lipinski definition) is 7. The highest BCUT2D eigenvalue weighted by Crippen LogP contribution is 2.33. The van der Waals surface area contributed by atoms with Gasteiger partial charge in [0, 0.05) is 16.7 Å². The maximum Gasteiger partial charge on any atom is 0.194 e. The molecule has 31 heavy (non-hydrogen) atoms. The molecule has 6 N–H and O–H groups in total. The fourth-order valence-electron chi connectivity index (χ4n) is 3.20. The smallest absolute Gasteiger partial charge is 0.194 e. The summed E-state index contributed by atoms with van der Waals surface area (Å²) in [4.78, 5) is 0.822. The number of halogens is 3. The number of nitrogens with one attached hydrogen (secondary N) is 1. The number of nitrogens with two attached hydrogens (primary N) is 1. The maximum absolute atomic E-state index is 13.5. The number of ether oxygens (including phenoxy) is 1. The normalized spacial score (nSPS) is 26.7. The summed E-state index contributed by atoms with van der Waals surface area (Å²) in [5, 5.41) is 33.5. The van der Waals surface area contributed by atoms with Crippen molar-refractivity contribution in [1.82, 2.24) is 5.32 Å². The van der Waals surface area contributed by atoms with Gasteiger partial charge in [-0.25, -0.2) is 13.2 Å². The van der Waals surface area contributed by atoms with Crippen molar-refractivity contribution in [3.05, 3.63) is 71.2 Å². The summed E-state index contributed by atoms with van der Waals surface area (Å²) in [7, 11) is 0. The Hall–Kier alpha value is -2.24. The summed E-state index contributed by atoms with van der Waals surface area (Å²) in [6, 6.07) is 7.96. The number of hydrogen-bond donors (Lipinski definition) is 5. The Labute approximate surface area is 181 Å². The van der Waals surface area contributed by atoms with Crippen LogP contribution < -0.4 is 11.1 Å². The van der Waals surface area contributed by atoms with Crippen LogP contribution in [0.4, 0.5) is 13.2 Å². The van der Waals surface area contributed by atoms with Crippen molar-refractivity contribution in [3.63, 3.8) is 0 Å². The monoisotopic (exact) mass is 456 g/mol. The zero-order valence-corrected chi connectivity index (χ0v) is 17.3. The fraction of sp³-hybridized carbons (Fsp3) is 0.333. The molecule has 5 atom stereocenters. The van der Waals surface area contributed by atoms with E-state index in [4.69, 9.17) is 10.5 Å². The molecule has 0 amide bonds. The minimum absolute atomic E-state index is 0.121. The first-order valence-electron chi connectivity index (χ1n) is 9.43. The number of thioether (sulfide) groups is 1. The van der Waals surface area contributed by atoms with E-state index in [-0.39, 0.29) is 11.3 Å². The van der Waals surface area contributed by atoms with Gasteiger partial charge >= 0.3 is 0 Å². The Kier molecular flexibility index (Phi) is 7.50. The topological polar surface area (TPSA) is 108 Å². The summed E-state index contributed by atoms with van der Waals surface area (Å²) < 4.78 is 45.7. The second kappa shape index (κ2) is 9.92. The molecule has 1 aliphatic rings. The Bertz CT molecular complexity index is 939. The predicted molar refractivity (Wildman–Crippen MR) is 110 cm³/mol. The summed E-state index contributed by atoms with van der Waals surface area (Å²) in [5.74, 6) is -4.40. The van der Waals surface area contributed by atoms with Crippen LogP contribution in [0.25, 0.3) is 5.70 Å². The Morgan fingerprint density at radius 1 is 1.16 bits per heavy atom. The van der Waals surface area contributed by atoms with Gasteiger partial charge in [0.15, 0.2) is 17.5 Å². The third-order valence-electron chi connectivity index (χ3n) is 4.87. The lowest BCUT2D eigenvalue weighted by Crippen LogP contribution is -2.62. The average molecular weight is 456 g/mol. The minimum atomic E-state index is -1.61. The third-order valence-corrected chi connectivity index (χ3v) is 6.02. The van der Waals surface area contributed by atoms with Crippen LogP contribution in [-0.2, 0) is 4.74 Å². The molecule has 0 aliphatic carbocycles. The summed E-state index contributed by atoms with van der Waals surface area (Å²) in [5.41, 5.74) is 5.75. The minimum Gasteiger partial charge on any atom is -0.397 e. The molecule has 1 saturated heterocycles. The maximum atomic E-state index is 13.5. The molecule has 1 heterocycles. The second-order valence-corrected chi connectivity index (χ2v) is 8.36. The van der Waals surface area contributed by atoms with Crippen molar-refractivity contribution in [2.24, 2.45) is 5.73 Å². The molecule has 0 radical (unpaired) electrons. The van der Waals surface area contributed by atoms with Crippen LogP contribution in [0, 0.1) is 24.4 Å².